The van der Waals surface area contributed by atoms with E-state index in [4.69, 9.17) is 16.3 Å². The predicted octanol–water partition coefficient (Wildman–Crippen LogP) is 2.75. The van der Waals surface area contributed by atoms with Gasteiger partial charge in [0.15, 0.2) is 0 Å². The predicted molar refractivity (Wildman–Crippen MR) is 84.7 cm³/mol. The van der Waals surface area contributed by atoms with Crippen LogP contribution in [0.25, 0.3) is 0 Å². The third kappa shape index (κ3) is 4.69. The van der Waals surface area contributed by atoms with E-state index < -0.39 is 5.82 Å². The highest BCUT2D eigenvalue weighted by molar-refractivity contribution is 8.00. The Bertz CT molecular complexity index is 570. The summed E-state index contributed by atoms with van der Waals surface area (Å²) in [5.41, 5.74) is 0.654. The molecule has 2 rings (SSSR count). The van der Waals surface area contributed by atoms with Gasteiger partial charge < -0.3 is 10.1 Å². The summed E-state index contributed by atoms with van der Waals surface area (Å²) in [6.45, 7) is 1.99. The number of Topliss-reactive ketones (excluding diaryl/α,β-unsaturated/α-hetero) is 1. The number of halogens is 2. The van der Waals surface area contributed by atoms with Crippen molar-refractivity contribution < 1.29 is 18.7 Å². The number of ether oxygens (including phenoxy) is 1. The number of carbonyl (C=O) groups excluding carboxylic acids is 2. The molecule has 1 fully saturated rings. The van der Waals surface area contributed by atoms with Crippen molar-refractivity contribution >= 4 is 35.1 Å². The van der Waals surface area contributed by atoms with Gasteiger partial charge in [-0.15, -0.1) is 11.8 Å². The van der Waals surface area contributed by atoms with E-state index >= 15 is 0 Å². The quantitative estimate of drug-likeness (QED) is 0.861. The number of ketones is 1. The van der Waals surface area contributed by atoms with Crippen molar-refractivity contribution in [2.45, 2.75) is 25.5 Å². The first kappa shape index (κ1) is 17.2. The van der Waals surface area contributed by atoms with Crippen molar-refractivity contribution in [3.05, 3.63) is 34.6 Å². The molecule has 1 aromatic rings. The van der Waals surface area contributed by atoms with Crippen LogP contribution in [-0.4, -0.2) is 35.8 Å². The molecular weight excluding hydrogens is 329 g/mol. The molecule has 1 aromatic carbocycles. The zero-order chi connectivity index (χ0) is 16.1. The van der Waals surface area contributed by atoms with E-state index in [1.165, 1.54) is 30.8 Å². The normalized spacial score (nSPS) is 20.9. The first-order chi connectivity index (χ1) is 10.5. The Morgan fingerprint density at radius 2 is 2.23 bits per heavy atom. The lowest BCUT2D eigenvalue weighted by Gasteiger charge is -2.20. The number of amides is 1. The molecule has 1 heterocycles. The number of nitrogens with one attached hydrogen (secondary N) is 1. The maximum absolute atomic E-state index is 13.6. The van der Waals surface area contributed by atoms with Gasteiger partial charge in [-0.2, -0.15) is 0 Å². The molecule has 1 saturated heterocycles. The molecule has 0 radical (unpaired) electrons. The number of carbonyl (C=O) groups is 2. The van der Waals surface area contributed by atoms with Crippen LogP contribution in [0.4, 0.5) is 4.39 Å². The molecule has 1 N–H and O–H groups in total. The van der Waals surface area contributed by atoms with Gasteiger partial charge in [0.25, 0.3) is 0 Å². The minimum absolute atomic E-state index is 0.0384. The van der Waals surface area contributed by atoms with Crippen LogP contribution < -0.4 is 5.32 Å². The molecule has 0 aromatic heterocycles. The second kappa shape index (κ2) is 7.94. The fourth-order valence-corrected chi connectivity index (χ4v) is 3.07. The smallest absolute Gasteiger partial charge is 0.230 e. The molecule has 1 aliphatic rings. The third-order valence-electron chi connectivity index (χ3n) is 3.25. The first-order valence-electron chi connectivity index (χ1n) is 6.90. The van der Waals surface area contributed by atoms with E-state index in [2.05, 4.69) is 5.32 Å². The average Bonchev–Trinajstić information content (AvgIpc) is 2.89. The van der Waals surface area contributed by atoms with Crippen LogP contribution in [0.3, 0.4) is 0 Å². The molecular formula is C15H17ClFNO3S. The van der Waals surface area contributed by atoms with Crippen LogP contribution in [0.1, 0.15) is 25.0 Å². The highest BCUT2D eigenvalue weighted by Crippen LogP contribution is 2.31. The fraction of sp³-hybridized carbons (Fsp3) is 0.467. The Kier molecular flexibility index (Phi) is 6.23. The van der Waals surface area contributed by atoms with Crippen LogP contribution in [0.2, 0.25) is 5.02 Å². The molecule has 0 aliphatic carbocycles. The number of benzene rings is 1. The molecule has 0 saturated carbocycles. The lowest BCUT2D eigenvalue weighted by Crippen LogP contribution is -2.38. The van der Waals surface area contributed by atoms with Gasteiger partial charge in [0.1, 0.15) is 17.7 Å². The topological polar surface area (TPSA) is 55.4 Å². The van der Waals surface area contributed by atoms with Crippen LogP contribution in [0, 0.1) is 5.82 Å². The van der Waals surface area contributed by atoms with Gasteiger partial charge in [0, 0.05) is 6.61 Å². The van der Waals surface area contributed by atoms with Crippen molar-refractivity contribution in [2.24, 2.45) is 0 Å². The summed E-state index contributed by atoms with van der Waals surface area (Å²) in [7, 11) is 0. The molecule has 4 nitrogen and oxygen atoms in total. The van der Waals surface area contributed by atoms with E-state index in [0.29, 0.717) is 24.3 Å². The van der Waals surface area contributed by atoms with Gasteiger partial charge in [0.2, 0.25) is 5.91 Å². The minimum atomic E-state index is -0.503. The van der Waals surface area contributed by atoms with E-state index in [0.717, 1.165) is 0 Å². The van der Waals surface area contributed by atoms with Crippen LogP contribution >= 0.6 is 23.4 Å². The van der Waals surface area contributed by atoms with E-state index in [1.54, 1.807) is 6.07 Å². The summed E-state index contributed by atoms with van der Waals surface area (Å²) in [5.74, 6) is -0.0764. The average molecular weight is 346 g/mol. The lowest BCUT2D eigenvalue weighted by molar-refractivity contribution is -0.119. The maximum Gasteiger partial charge on any atom is 0.230 e. The molecule has 0 spiro atoms. The Labute approximate surface area is 137 Å². The highest BCUT2D eigenvalue weighted by Gasteiger charge is 2.31. The minimum Gasteiger partial charge on any atom is -0.371 e. The lowest BCUT2D eigenvalue weighted by atomic mass is 10.0. The highest BCUT2D eigenvalue weighted by atomic mass is 35.5. The van der Waals surface area contributed by atoms with Gasteiger partial charge in [0.05, 0.1) is 22.6 Å². The summed E-state index contributed by atoms with van der Waals surface area (Å²) in [6, 6.07) is 4.31. The second-order valence-electron chi connectivity index (χ2n) is 5.12. The molecule has 2 atom stereocenters. The SMILES string of the molecule is CC(=O)CSCC(=O)N[C@@H]1CCO[C@H]1c1ccc(Cl)c(F)c1. The summed E-state index contributed by atoms with van der Waals surface area (Å²) in [4.78, 5) is 22.7. The van der Waals surface area contributed by atoms with Crippen molar-refractivity contribution in [1.29, 1.82) is 0 Å². The zero-order valence-corrected chi connectivity index (χ0v) is 13.7. The largest absolute Gasteiger partial charge is 0.371 e. The fourth-order valence-electron chi connectivity index (χ4n) is 2.29. The molecule has 1 aliphatic heterocycles. The molecule has 22 heavy (non-hydrogen) atoms. The van der Waals surface area contributed by atoms with Gasteiger partial charge in [-0.05, 0) is 31.0 Å². The van der Waals surface area contributed by atoms with E-state index in [9.17, 15) is 14.0 Å². The molecule has 1 amide bonds. The van der Waals surface area contributed by atoms with Crippen LogP contribution in [0.5, 0.6) is 0 Å². The summed E-state index contributed by atoms with van der Waals surface area (Å²) >= 11 is 6.95. The number of hydrogen-bond acceptors (Lipinski definition) is 4. The second-order valence-corrected chi connectivity index (χ2v) is 6.52. The van der Waals surface area contributed by atoms with E-state index in [-0.39, 0.29) is 34.6 Å². The number of rotatable bonds is 6. The molecule has 7 heteroatoms. The Hall–Kier alpha value is -1.11. The molecule has 120 valence electrons. The Balaban J connectivity index is 1.94. The maximum atomic E-state index is 13.6. The number of hydrogen-bond donors (Lipinski definition) is 1. The van der Waals surface area contributed by atoms with Gasteiger partial charge >= 0.3 is 0 Å². The van der Waals surface area contributed by atoms with Gasteiger partial charge in [-0.25, -0.2) is 4.39 Å². The monoisotopic (exact) mass is 345 g/mol. The van der Waals surface area contributed by atoms with Crippen molar-refractivity contribution in [2.75, 3.05) is 18.1 Å². The molecule has 0 unspecified atom stereocenters. The first-order valence-corrected chi connectivity index (χ1v) is 8.43. The van der Waals surface area contributed by atoms with E-state index in [1.807, 2.05) is 0 Å². The summed E-state index contributed by atoms with van der Waals surface area (Å²) in [5, 5.41) is 2.94. The zero-order valence-electron chi connectivity index (χ0n) is 12.1. The number of thioether (sulfide) groups is 1. The third-order valence-corrected chi connectivity index (χ3v) is 4.63. The van der Waals surface area contributed by atoms with Crippen molar-refractivity contribution in [1.82, 2.24) is 5.32 Å². The Morgan fingerprint density at radius 1 is 1.45 bits per heavy atom. The van der Waals surface area contributed by atoms with Crippen LogP contribution in [0.15, 0.2) is 18.2 Å². The van der Waals surface area contributed by atoms with Crippen LogP contribution in [-0.2, 0) is 14.3 Å². The van der Waals surface area contributed by atoms with Gasteiger partial charge in [-0.3, -0.25) is 9.59 Å². The summed E-state index contributed by atoms with van der Waals surface area (Å²) in [6.07, 6.45) is 0.284. The summed E-state index contributed by atoms with van der Waals surface area (Å²) < 4.78 is 19.2. The molecule has 0 bridgehead atoms. The van der Waals surface area contributed by atoms with Gasteiger partial charge in [-0.1, -0.05) is 17.7 Å². The van der Waals surface area contributed by atoms with Crippen molar-refractivity contribution in [3.63, 3.8) is 0 Å². The van der Waals surface area contributed by atoms with Crippen molar-refractivity contribution in [3.8, 4) is 0 Å². The Morgan fingerprint density at radius 3 is 2.91 bits per heavy atom. The standard InChI is InChI=1S/C15H17ClFNO3S/c1-9(19)7-22-8-14(20)18-13-4-5-21-15(13)10-2-3-11(16)12(17)6-10/h2-3,6,13,15H,4-5,7-8H2,1H3,(H,18,20)/t13-,15+/m1/s1.